The van der Waals surface area contributed by atoms with Crippen LogP contribution in [-0.2, 0) is 20.7 Å². The number of rotatable bonds is 7. The van der Waals surface area contributed by atoms with Crippen molar-refractivity contribution in [2.45, 2.75) is 19.3 Å². The fourth-order valence-corrected chi connectivity index (χ4v) is 2.00. The van der Waals surface area contributed by atoms with Gasteiger partial charge in [0.25, 0.3) is 0 Å². The lowest BCUT2D eigenvalue weighted by atomic mass is 10.2. The number of esters is 1. The minimum Gasteiger partial charge on any atom is -0.469 e. The minimum atomic E-state index is -0.334. The van der Waals surface area contributed by atoms with Gasteiger partial charge in [-0.3, -0.25) is 9.59 Å². The Morgan fingerprint density at radius 1 is 1.09 bits per heavy atom. The number of carbonyl (C=O) groups is 2. The van der Waals surface area contributed by atoms with Crippen LogP contribution >= 0.6 is 0 Å². The molecule has 0 aliphatic carbocycles. The van der Waals surface area contributed by atoms with E-state index in [1.807, 2.05) is 42.5 Å². The standard InChI is InChI=1S/C17H19NO4/c1-21-17(20)11-12-18-16(19)10-8-14-7-9-15(22-14)13-5-3-2-4-6-13/h2-7,9H,8,10-12H2,1H3,(H,18,19). The van der Waals surface area contributed by atoms with Gasteiger partial charge in [-0.05, 0) is 12.1 Å². The van der Waals surface area contributed by atoms with Crippen LogP contribution in [0.4, 0.5) is 0 Å². The number of benzene rings is 1. The maximum absolute atomic E-state index is 11.7. The van der Waals surface area contributed by atoms with E-state index < -0.39 is 0 Å². The second kappa shape index (κ2) is 8.02. The van der Waals surface area contributed by atoms with Crippen LogP contribution < -0.4 is 5.32 Å². The number of ether oxygens (including phenoxy) is 1. The quantitative estimate of drug-likeness (QED) is 0.798. The van der Waals surface area contributed by atoms with E-state index in [0.29, 0.717) is 19.4 Å². The highest BCUT2D eigenvalue weighted by atomic mass is 16.5. The molecule has 2 rings (SSSR count). The van der Waals surface area contributed by atoms with E-state index in [1.54, 1.807) is 0 Å². The number of nitrogens with one attached hydrogen (secondary N) is 1. The van der Waals surface area contributed by atoms with Gasteiger partial charge in [-0.2, -0.15) is 0 Å². The van der Waals surface area contributed by atoms with E-state index in [-0.39, 0.29) is 18.3 Å². The fourth-order valence-electron chi connectivity index (χ4n) is 2.00. The SMILES string of the molecule is COC(=O)CCNC(=O)CCc1ccc(-c2ccccc2)o1. The summed E-state index contributed by atoms with van der Waals surface area (Å²) in [5, 5.41) is 2.68. The van der Waals surface area contributed by atoms with Crippen LogP contribution in [0.2, 0.25) is 0 Å². The first kappa shape index (κ1) is 15.8. The summed E-state index contributed by atoms with van der Waals surface area (Å²) in [5.41, 5.74) is 1.01. The minimum absolute atomic E-state index is 0.110. The number of carbonyl (C=O) groups excluding carboxylic acids is 2. The van der Waals surface area contributed by atoms with E-state index in [2.05, 4.69) is 10.1 Å². The van der Waals surface area contributed by atoms with Gasteiger partial charge in [-0.15, -0.1) is 0 Å². The Hall–Kier alpha value is -2.56. The number of furan rings is 1. The number of hydrogen-bond acceptors (Lipinski definition) is 4. The Kier molecular flexibility index (Phi) is 5.77. The van der Waals surface area contributed by atoms with Gasteiger partial charge in [0.1, 0.15) is 11.5 Å². The third-order valence-electron chi connectivity index (χ3n) is 3.20. The smallest absolute Gasteiger partial charge is 0.307 e. The Balaban J connectivity index is 1.77. The van der Waals surface area contributed by atoms with Crippen LogP contribution in [0.5, 0.6) is 0 Å². The third kappa shape index (κ3) is 4.77. The predicted molar refractivity (Wildman–Crippen MR) is 82.1 cm³/mol. The first-order valence-electron chi connectivity index (χ1n) is 7.16. The second-order valence-corrected chi connectivity index (χ2v) is 4.81. The highest BCUT2D eigenvalue weighted by Crippen LogP contribution is 2.22. The van der Waals surface area contributed by atoms with Crippen molar-refractivity contribution in [1.29, 1.82) is 0 Å². The van der Waals surface area contributed by atoms with E-state index >= 15 is 0 Å². The molecule has 0 spiro atoms. The molecule has 0 saturated heterocycles. The molecular formula is C17H19NO4. The van der Waals surface area contributed by atoms with Crippen LogP contribution in [-0.4, -0.2) is 25.5 Å². The van der Waals surface area contributed by atoms with Gasteiger partial charge in [0.15, 0.2) is 0 Å². The second-order valence-electron chi connectivity index (χ2n) is 4.81. The van der Waals surface area contributed by atoms with Gasteiger partial charge >= 0.3 is 5.97 Å². The molecule has 0 bridgehead atoms. The molecule has 22 heavy (non-hydrogen) atoms. The van der Waals surface area contributed by atoms with Crippen molar-refractivity contribution in [1.82, 2.24) is 5.32 Å². The van der Waals surface area contributed by atoms with Crippen molar-refractivity contribution in [3.63, 3.8) is 0 Å². The van der Waals surface area contributed by atoms with Crippen molar-refractivity contribution in [2.24, 2.45) is 0 Å². The summed E-state index contributed by atoms with van der Waals surface area (Å²) in [5.74, 6) is 1.11. The zero-order valence-corrected chi connectivity index (χ0v) is 12.5. The molecule has 5 heteroatoms. The lowest BCUT2D eigenvalue weighted by molar-refractivity contribution is -0.140. The predicted octanol–water partition coefficient (Wildman–Crippen LogP) is 2.56. The van der Waals surface area contributed by atoms with Gasteiger partial charge in [0.2, 0.25) is 5.91 Å². The molecule has 5 nitrogen and oxygen atoms in total. The molecule has 0 saturated carbocycles. The van der Waals surface area contributed by atoms with Crippen molar-refractivity contribution >= 4 is 11.9 Å². The van der Waals surface area contributed by atoms with Gasteiger partial charge in [-0.1, -0.05) is 30.3 Å². The van der Waals surface area contributed by atoms with Crippen molar-refractivity contribution in [3.8, 4) is 11.3 Å². The number of hydrogen-bond donors (Lipinski definition) is 1. The summed E-state index contributed by atoms with van der Waals surface area (Å²) < 4.78 is 10.2. The molecule has 0 unspecified atom stereocenters. The highest BCUT2D eigenvalue weighted by Gasteiger charge is 2.08. The summed E-state index contributed by atoms with van der Waals surface area (Å²) in [6.07, 6.45) is 1.03. The van der Waals surface area contributed by atoms with Crippen LogP contribution in [0.15, 0.2) is 46.9 Å². The van der Waals surface area contributed by atoms with Crippen molar-refractivity contribution < 1.29 is 18.7 Å². The van der Waals surface area contributed by atoms with Gasteiger partial charge in [-0.25, -0.2) is 0 Å². The Morgan fingerprint density at radius 2 is 1.86 bits per heavy atom. The van der Waals surface area contributed by atoms with E-state index in [4.69, 9.17) is 4.42 Å². The van der Waals surface area contributed by atoms with E-state index in [9.17, 15) is 9.59 Å². The van der Waals surface area contributed by atoms with Crippen molar-refractivity contribution in [3.05, 3.63) is 48.2 Å². The number of methoxy groups -OCH3 is 1. The normalized spacial score (nSPS) is 10.2. The zero-order valence-electron chi connectivity index (χ0n) is 12.5. The molecule has 0 aliphatic heterocycles. The molecule has 1 aromatic heterocycles. The summed E-state index contributed by atoms with van der Waals surface area (Å²) in [6.45, 7) is 0.291. The molecule has 1 amide bonds. The Morgan fingerprint density at radius 3 is 2.59 bits per heavy atom. The summed E-state index contributed by atoms with van der Waals surface area (Å²) in [7, 11) is 1.32. The van der Waals surface area contributed by atoms with Crippen LogP contribution in [0.1, 0.15) is 18.6 Å². The zero-order chi connectivity index (χ0) is 15.8. The number of aryl methyl sites for hydroxylation is 1. The monoisotopic (exact) mass is 301 g/mol. The van der Waals surface area contributed by atoms with E-state index in [0.717, 1.165) is 17.1 Å². The summed E-state index contributed by atoms with van der Waals surface area (Å²) in [6, 6.07) is 13.6. The average Bonchev–Trinajstić information content (AvgIpc) is 3.02. The largest absolute Gasteiger partial charge is 0.469 e. The molecule has 0 atom stereocenters. The van der Waals surface area contributed by atoms with Crippen molar-refractivity contribution in [2.75, 3.05) is 13.7 Å². The lowest BCUT2D eigenvalue weighted by Gasteiger charge is -2.03. The summed E-state index contributed by atoms with van der Waals surface area (Å²) in [4.78, 5) is 22.6. The van der Waals surface area contributed by atoms with Crippen LogP contribution in [0.3, 0.4) is 0 Å². The van der Waals surface area contributed by atoms with Gasteiger partial charge in [0, 0.05) is 24.9 Å². The average molecular weight is 301 g/mol. The molecule has 116 valence electrons. The Labute approximate surface area is 129 Å². The lowest BCUT2D eigenvalue weighted by Crippen LogP contribution is -2.26. The first-order valence-corrected chi connectivity index (χ1v) is 7.16. The van der Waals surface area contributed by atoms with Crippen LogP contribution in [0, 0.1) is 0 Å². The molecule has 0 radical (unpaired) electrons. The first-order chi connectivity index (χ1) is 10.7. The fraction of sp³-hybridized carbons (Fsp3) is 0.294. The Bertz CT molecular complexity index is 619. The molecule has 0 aliphatic rings. The van der Waals surface area contributed by atoms with Gasteiger partial charge < -0.3 is 14.5 Å². The molecule has 2 aromatic rings. The molecule has 1 heterocycles. The summed E-state index contributed by atoms with van der Waals surface area (Å²) >= 11 is 0. The highest BCUT2D eigenvalue weighted by molar-refractivity contribution is 5.77. The third-order valence-corrected chi connectivity index (χ3v) is 3.20. The number of amides is 1. The molecule has 1 N–H and O–H groups in total. The topological polar surface area (TPSA) is 68.5 Å². The maximum Gasteiger partial charge on any atom is 0.307 e. The maximum atomic E-state index is 11.7. The molecule has 1 aromatic carbocycles. The van der Waals surface area contributed by atoms with Crippen LogP contribution in [0.25, 0.3) is 11.3 Å². The molecular weight excluding hydrogens is 282 g/mol. The molecule has 0 fully saturated rings. The van der Waals surface area contributed by atoms with E-state index in [1.165, 1.54) is 7.11 Å². The van der Waals surface area contributed by atoms with Gasteiger partial charge in [0.05, 0.1) is 13.5 Å².